The van der Waals surface area contributed by atoms with E-state index in [1.165, 1.54) is 10.6 Å². The van der Waals surface area contributed by atoms with Crippen molar-refractivity contribution in [2.24, 2.45) is 5.14 Å². The molecule has 0 bridgehead atoms. The lowest BCUT2D eigenvalue weighted by molar-refractivity contribution is 0.577. The van der Waals surface area contributed by atoms with E-state index in [2.05, 4.69) is 9.71 Å². The molecule has 2 rings (SSSR count). The van der Waals surface area contributed by atoms with Crippen LogP contribution < -0.4 is 9.86 Å². The second-order valence-corrected chi connectivity index (χ2v) is 7.68. The largest absolute Gasteiger partial charge is 0.288 e. The molecular weight excluding hydrogens is 328 g/mol. The molecule has 0 fully saturated rings. The van der Waals surface area contributed by atoms with Crippen LogP contribution in [-0.2, 0) is 20.0 Å². The number of aromatic nitrogens is 2. The number of hydrogen-bond donors (Lipinski definition) is 2. The summed E-state index contributed by atoms with van der Waals surface area (Å²) in [5.41, 5.74) is 0.365. The number of nitrogens with two attached hydrogens (primary N) is 1. The Morgan fingerprint density at radius 1 is 1.30 bits per heavy atom. The molecule has 0 amide bonds. The van der Waals surface area contributed by atoms with Crippen molar-refractivity contribution in [1.82, 2.24) is 14.1 Å². The summed E-state index contributed by atoms with van der Waals surface area (Å²) >= 11 is 5.83. The van der Waals surface area contributed by atoms with Gasteiger partial charge in [-0.05, 0) is 12.1 Å². The van der Waals surface area contributed by atoms with Gasteiger partial charge >= 0.3 is 0 Å². The summed E-state index contributed by atoms with van der Waals surface area (Å²) in [5, 5.41) is 4.36. The first kappa shape index (κ1) is 15.2. The molecule has 0 spiro atoms. The summed E-state index contributed by atoms with van der Waals surface area (Å²) in [5.74, 6) is -0.513. The Bertz CT molecular complexity index is 844. The average molecular weight is 339 g/mol. The van der Waals surface area contributed by atoms with Crippen molar-refractivity contribution in [1.29, 1.82) is 0 Å². The van der Waals surface area contributed by atoms with Crippen molar-refractivity contribution in [2.45, 2.75) is 5.03 Å². The van der Waals surface area contributed by atoms with Crippen LogP contribution in [0.15, 0.2) is 29.4 Å². The van der Waals surface area contributed by atoms with Gasteiger partial charge in [0.1, 0.15) is 5.65 Å². The first-order chi connectivity index (χ1) is 9.21. The van der Waals surface area contributed by atoms with Gasteiger partial charge in [0.05, 0.1) is 5.75 Å². The molecule has 0 aliphatic rings. The number of sulfonamides is 2. The first-order valence-electron chi connectivity index (χ1n) is 5.33. The number of fused-ring (bicyclic) bond motifs is 1. The maximum atomic E-state index is 12.1. The number of pyridine rings is 1. The van der Waals surface area contributed by atoms with Crippen LogP contribution in [0.3, 0.4) is 0 Å². The van der Waals surface area contributed by atoms with Crippen molar-refractivity contribution in [3.8, 4) is 0 Å². The van der Waals surface area contributed by atoms with E-state index in [9.17, 15) is 16.8 Å². The Labute approximate surface area is 120 Å². The van der Waals surface area contributed by atoms with E-state index in [0.29, 0.717) is 5.65 Å². The van der Waals surface area contributed by atoms with Crippen molar-refractivity contribution < 1.29 is 16.8 Å². The van der Waals surface area contributed by atoms with Crippen LogP contribution in [0.2, 0.25) is 5.15 Å². The third-order valence-electron chi connectivity index (χ3n) is 2.38. The second kappa shape index (κ2) is 5.30. The molecule has 0 saturated heterocycles. The fraction of sp³-hybridized carbons (Fsp3) is 0.222. The minimum Gasteiger partial charge on any atom is -0.288 e. The summed E-state index contributed by atoms with van der Waals surface area (Å²) in [7, 11) is -7.75. The van der Waals surface area contributed by atoms with Crippen molar-refractivity contribution >= 4 is 37.3 Å². The Balaban J connectivity index is 2.35. The highest BCUT2D eigenvalue weighted by atomic mass is 35.5. The molecule has 0 radical (unpaired) electrons. The van der Waals surface area contributed by atoms with Gasteiger partial charge in [-0.15, -0.1) is 0 Å². The smallest absolute Gasteiger partial charge is 0.259 e. The fourth-order valence-corrected chi connectivity index (χ4v) is 3.76. The van der Waals surface area contributed by atoms with Gasteiger partial charge in [0, 0.05) is 12.7 Å². The van der Waals surface area contributed by atoms with E-state index in [1.807, 2.05) is 0 Å². The van der Waals surface area contributed by atoms with Gasteiger partial charge < -0.3 is 0 Å². The third-order valence-corrected chi connectivity index (χ3v) is 5.01. The summed E-state index contributed by atoms with van der Waals surface area (Å²) in [4.78, 5) is 3.90. The normalized spacial score (nSPS) is 12.9. The molecule has 0 saturated carbocycles. The van der Waals surface area contributed by atoms with Crippen LogP contribution in [0.4, 0.5) is 0 Å². The maximum absolute atomic E-state index is 12.1. The highest BCUT2D eigenvalue weighted by Crippen LogP contribution is 2.22. The minimum absolute atomic E-state index is 0.195. The Morgan fingerprint density at radius 2 is 2.00 bits per heavy atom. The van der Waals surface area contributed by atoms with Crippen LogP contribution in [0.25, 0.3) is 5.65 Å². The molecule has 8 nitrogen and oxygen atoms in total. The number of rotatable bonds is 5. The molecule has 0 unspecified atom stereocenters. The minimum atomic E-state index is -4.00. The van der Waals surface area contributed by atoms with Gasteiger partial charge in [-0.2, -0.15) is 0 Å². The van der Waals surface area contributed by atoms with Gasteiger partial charge in [-0.3, -0.25) is 4.40 Å². The topological polar surface area (TPSA) is 124 Å². The molecule has 3 N–H and O–H groups in total. The lowest BCUT2D eigenvalue weighted by atomic mass is 10.5. The van der Waals surface area contributed by atoms with E-state index in [-0.39, 0.29) is 16.7 Å². The summed E-state index contributed by atoms with van der Waals surface area (Å²) in [6.07, 6.45) is 1.49. The highest BCUT2D eigenvalue weighted by Gasteiger charge is 2.24. The number of hydrogen-bond acceptors (Lipinski definition) is 5. The molecule has 2 heterocycles. The van der Waals surface area contributed by atoms with E-state index in [1.54, 1.807) is 18.2 Å². The van der Waals surface area contributed by atoms with Gasteiger partial charge in [-0.1, -0.05) is 17.7 Å². The van der Waals surface area contributed by atoms with E-state index < -0.39 is 25.8 Å². The Hall–Kier alpha value is -1.20. The lowest BCUT2D eigenvalue weighted by Crippen LogP contribution is -2.32. The SMILES string of the molecule is NS(=O)(=O)CCNS(=O)(=O)c1c(Cl)nc2ccccn12. The molecule has 0 aliphatic carbocycles. The molecule has 110 valence electrons. The summed E-state index contributed by atoms with van der Waals surface area (Å²) in [6, 6.07) is 4.90. The fourth-order valence-electron chi connectivity index (χ4n) is 1.57. The first-order valence-corrected chi connectivity index (χ1v) is 8.91. The highest BCUT2D eigenvalue weighted by molar-refractivity contribution is 7.90. The van der Waals surface area contributed by atoms with Gasteiger partial charge in [-0.25, -0.2) is 31.7 Å². The van der Waals surface area contributed by atoms with Crippen LogP contribution in [0.1, 0.15) is 0 Å². The van der Waals surface area contributed by atoms with Crippen LogP contribution in [-0.4, -0.2) is 38.5 Å². The maximum Gasteiger partial charge on any atom is 0.259 e. The molecule has 0 aliphatic heterocycles. The number of primary sulfonamides is 1. The van der Waals surface area contributed by atoms with Crippen molar-refractivity contribution in [3.63, 3.8) is 0 Å². The zero-order valence-corrected chi connectivity index (χ0v) is 12.4. The Morgan fingerprint density at radius 3 is 2.65 bits per heavy atom. The number of nitrogens with zero attached hydrogens (tertiary/aromatic N) is 2. The van der Waals surface area contributed by atoms with Crippen LogP contribution in [0.5, 0.6) is 0 Å². The van der Waals surface area contributed by atoms with E-state index in [4.69, 9.17) is 16.7 Å². The zero-order valence-electron chi connectivity index (χ0n) is 10.0. The zero-order chi connectivity index (χ0) is 15.0. The standard InChI is InChI=1S/C9H11ClN4O4S2/c10-8-9(14-5-2-1-3-7(14)13-8)20(17,18)12-4-6-19(11,15)16/h1-3,5,12H,4,6H2,(H2,11,15,16). The van der Waals surface area contributed by atoms with Crippen molar-refractivity contribution in [3.05, 3.63) is 29.5 Å². The Kier molecular flexibility index (Phi) is 4.02. The lowest BCUT2D eigenvalue weighted by Gasteiger charge is -2.06. The quantitative estimate of drug-likeness (QED) is 0.764. The number of halogens is 1. The average Bonchev–Trinajstić information content (AvgIpc) is 2.63. The molecule has 2 aromatic rings. The number of imidazole rings is 1. The number of nitrogens with one attached hydrogen (secondary N) is 1. The summed E-state index contributed by atoms with van der Waals surface area (Å²) in [6.45, 7) is -0.350. The second-order valence-electron chi connectivity index (χ2n) is 3.90. The molecule has 2 aromatic heterocycles. The third kappa shape index (κ3) is 3.27. The van der Waals surface area contributed by atoms with Crippen LogP contribution >= 0.6 is 11.6 Å². The van der Waals surface area contributed by atoms with Gasteiger partial charge in [0.25, 0.3) is 10.0 Å². The predicted octanol–water partition coefficient (Wildman–Crippen LogP) is -0.446. The molecular formula is C9H11ClN4O4S2. The van der Waals surface area contributed by atoms with Gasteiger partial charge in [0.2, 0.25) is 10.0 Å². The predicted molar refractivity (Wildman–Crippen MR) is 73.4 cm³/mol. The van der Waals surface area contributed by atoms with E-state index in [0.717, 1.165) is 0 Å². The van der Waals surface area contributed by atoms with Crippen molar-refractivity contribution in [2.75, 3.05) is 12.3 Å². The monoisotopic (exact) mass is 338 g/mol. The van der Waals surface area contributed by atoms with Crippen LogP contribution in [0, 0.1) is 0 Å². The molecule has 20 heavy (non-hydrogen) atoms. The summed E-state index contributed by atoms with van der Waals surface area (Å²) < 4.78 is 49.2. The van der Waals surface area contributed by atoms with E-state index >= 15 is 0 Å². The van der Waals surface area contributed by atoms with Gasteiger partial charge in [0.15, 0.2) is 10.2 Å². The molecule has 11 heteroatoms. The molecule has 0 atom stereocenters. The molecule has 0 aromatic carbocycles.